The molecule has 0 bridgehead atoms. The Balaban J connectivity index is -0.000000107. The lowest BCUT2D eigenvalue weighted by molar-refractivity contribution is -0.648. The summed E-state index contributed by atoms with van der Waals surface area (Å²) >= 11 is 0. The van der Waals surface area contributed by atoms with Crippen LogP contribution in [0.3, 0.4) is 0 Å². The van der Waals surface area contributed by atoms with Crippen molar-refractivity contribution < 1.29 is 22.8 Å². The lowest BCUT2D eigenvalue weighted by atomic mass is 10.7. The Morgan fingerprint density at radius 3 is 1.36 bits per heavy atom. The molecule has 0 aromatic rings. The molecule has 0 spiro atoms. The van der Waals surface area contributed by atoms with Gasteiger partial charge in [-0.15, -0.1) is 0 Å². The molecule has 6 nitrogen and oxygen atoms in total. The van der Waals surface area contributed by atoms with Crippen LogP contribution in [0, 0.1) is 0 Å². The maximum absolute atomic E-state index is 8.52. The van der Waals surface area contributed by atoms with E-state index in [1.807, 2.05) is 0 Å². The molecule has 0 amide bonds. The van der Waals surface area contributed by atoms with Crippen molar-refractivity contribution in [1.82, 2.24) is 6.15 Å². The molecule has 0 unspecified atom stereocenters. The fraction of sp³-hybridized carbons (Fsp3) is 1.00. The van der Waals surface area contributed by atoms with Gasteiger partial charge in [-0.3, -0.25) is 8.42 Å². The van der Waals surface area contributed by atoms with E-state index in [1.165, 1.54) is 13.1 Å². The molecule has 0 aliphatic heterocycles. The first kappa shape index (κ1) is 17.0. The fourth-order valence-corrected chi connectivity index (χ4v) is 0.289. The number of hydrogen-bond donors (Lipinski definition) is 2. The summed E-state index contributed by atoms with van der Waals surface area (Å²) in [5.74, 6) is 0. The second kappa shape index (κ2) is 9.79. The zero-order valence-corrected chi connectivity index (χ0v) is 7.85. The topological polar surface area (TPSA) is 133 Å². The molecule has 0 heterocycles. The van der Waals surface area contributed by atoms with Gasteiger partial charge in [-0.25, -0.2) is 0 Å². The summed E-state index contributed by atoms with van der Waals surface area (Å²) < 4.78 is 34.1. The molecular formula is C4H16N2O4S. The highest BCUT2D eigenvalue weighted by Gasteiger charge is 1.67. The van der Waals surface area contributed by atoms with Crippen LogP contribution in [-0.2, 0) is 10.4 Å². The lowest BCUT2D eigenvalue weighted by Gasteiger charge is -2.06. The highest BCUT2D eigenvalue weighted by molar-refractivity contribution is 7.79. The quantitative estimate of drug-likeness (QED) is 0.408. The Kier molecular flexibility index (Phi) is 15.2. The van der Waals surface area contributed by atoms with E-state index in [-0.39, 0.29) is 6.15 Å². The SMILES string of the molecule is CC[NH2+]CC.O=S(=O)([O-])[O-].[NH4+]. The smallest absolute Gasteiger partial charge is 0.0726 e. The van der Waals surface area contributed by atoms with Gasteiger partial charge in [-0.05, 0) is 13.8 Å². The van der Waals surface area contributed by atoms with Crippen molar-refractivity contribution in [2.45, 2.75) is 13.8 Å². The molecule has 0 radical (unpaired) electrons. The molecule has 0 aliphatic rings. The summed E-state index contributed by atoms with van der Waals surface area (Å²) in [6, 6.07) is 0. The van der Waals surface area contributed by atoms with Gasteiger partial charge in [-0.1, -0.05) is 0 Å². The number of quaternary nitrogens is 2. The van der Waals surface area contributed by atoms with E-state index in [2.05, 4.69) is 19.2 Å². The third-order valence-electron chi connectivity index (χ3n) is 0.577. The Morgan fingerprint density at radius 2 is 1.36 bits per heavy atom. The van der Waals surface area contributed by atoms with E-state index < -0.39 is 10.4 Å². The predicted octanol–water partition coefficient (Wildman–Crippen LogP) is -1.37. The molecule has 0 aromatic heterocycles. The summed E-state index contributed by atoms with van der Waals surface area (Å²) in [5.41, 5.74) is 0. The average Bonchev–Trinajstić information content (AvgIpc) is 1.63. The standard InChI is InChI=1S/C4H11N.H3N.H2O4S/c1-3-5-4-2;;1-5(2,3)4/h5H,3-4H2,1-2H3;1H3;(H2,1,2,3,4). The molecule has 0 aromatic carbocycles. The second-order valence-electron chi connectivity index (χ2n) is 1.51. The Hall–Kier alpha value is -0.210. The summed E-state index contributed by atoms with van der Waals surface area (Å²) in [7, 11) is -5.17. The number of nitrogens with two attached hydrogens (primary N) is 1. The molecule has 11 heavy (non-hydrogen) atoms. The molecule has 0 fully saturated rings. The second-order valence-corrected chi connectivity index (χ2v) is 2.33. The molecule has 0 aliphatic carbocycles. The predicted molar refractivity (Wildman–Crippen MR) is 39.5 cm³/mol. The van der Waals surface area contributed by atoms with Gasteiger partial charge in [0.2, 0.25) is 0 Å². The molecule has 0 atom stereocenters. The molecule has 6 N–H and O–H groups in total. The largest absolute Gasteiger partial charge is 0.759 e. The van der Waals surface area contributed by atoms with Crippen LogP contribution in [0.2, 0.25) is 0 Å². The molecule has 72 valence electrons. The van der Waals surface area contributed by atoms with Crippen molar-refractivity contribution in [2.75, 3.05) is 13.1 Å². The van der Waals surface area contributed by atoms with Gasteiger partial charge in [0.1, 0.15) is 0 Å². The fourth-order valence-electron chi connectivity index (χ4n) is 0.289. The molecule has 0 rings (SSSR count). The van der Waals surface area contributed by atoms with Crippen LogP contribution in [-0.4, -0.2) is 30.6 Å². The van der Waals surface area contributed by atoms with Crippen molar-refractivity contribution in [3.63, 3.8) is 0 Å². The Morgan fingerprint density at radius 1 is 1.18 bits per heavy atom. The Bertz CT molecular complexity index is 134. The maximum atomic E-state index is 8.52. The van der Waals surface area contributed by atoms with Crippen LogP contribution in [0.15, 0.2) is 0 Å². The minimum atomic E-state index is -5.17. The van der Waals surface area contributed by atoms with Crippen LogP contribution in [0.25, 0.3) is 0 Å². The van der Waals surface area contributed by atoms with Gasteiger partial charge in [0.15, 0.2) is 0 Å². The van der Waals surface area contributed by atoms with Crippen LogP contribution < -0.4 is 11.5 Å². The lowest BCUT2D eigenvalue weighted by Crippen LogP contribution is -2.82. The zero-order chi connectivity index (χ0) is 8.62. The highest BCUT2D eigenvalue weighted by atomic mass is 32.3. The van der Waals surface area contributed by atoms with Crippen LogP contribution in [0.5, 0.6) is 0 Å². The van der Waals surface area contributed by atoms with E-state index in [0.29, 0.717) is 0 Å². The molecule has 0 saturated carbocycles. The van der Waals surface area contributed by atoms with E-state index in [9.17, 15) is 0 Å². The van der Waals surface area contributed by atoms with E-state index in [1.54, 1.807) is 0 Å². The summed E-state index contributed by atoms with van der Waals surface area (Å²) in [4.78, 5) is 0. The third kappa shape index (κ3) is 185. The van der Waals surface area contributed by atoms with Crippen molar-refractivity contribution in [3.05, 3.63) is 0 Å². The van der Waals surface area contributed by atoms with E-state index in [4.69, 9.17) is 17.5 Å². The minimum Gasteiger partial charge on any atom is -0.759 e. The average molecular weight is 188 g/mol. The van der Waals surface area contributed by atoms with Gasteiger partial charge in [-0.2, -0.15) is 0 Å². The summed E-state index contributed by atoms with van der Waals surface area (Å²) in [5, 5.41) is 2.25. The first-order chi connectivity index (χ1) is 4.41. The van der Waals surface area contributed by atoms with Crippen LogP contribution >= 0.6 is 0 Å². The normalized spacial score (nSPS) is 9.09. The molecular weight excluding hydrogens is 172 g/mol. The van der Waals surface area contributed by atoms with Crippen molar-refractivity contribution in [2.24, 2.45) is 0 Å². The first-order valence-electron chi connectivity index (χ1n) is 2.90. The van der Waals surface area contributed by atoms with Gasteiger partial charge in [0, 0.05) is 10.4 Å². The maximum Gasteiger partial charge on any atom is 0.0726 e. The van der Waals surface area contributed by atoms with Gasteiger partial charge >= 0.3 is 0 Å². The van der Waals surface area contributed by atoms with E-state index in [0.717, 1.165) is 0 Å². The summed E-state index contributed by atoms with van der Waals surface area (Å²) in [6.07, 6.45) is 0. The van der Waals surface area contributed by atoms with Gasteiger partial charge in [0.25, 0.3) is 0 Å². The first-order valence-corrected chi connectivity index (χ1v) is 4.23. The van der Waals surface area contributed by atoms with E-state index >= 15 is 0 Å². The molecule has 0 saturated heterocycles. The Labute approximate surface area is 67.2 Å². The molecule has 7 heteroatoms. The number of rotatable bonds is 2. The van der Waals surface area contributed by atoms with Crippen LogP contribution in [0.4, 0.5) is 0 Å². The third-order valence-corrected chi connectivity index (χ3v) is 0.577. The van der Waals surface area contributed by atoms with Gasteiger partial charge < -0.3 is 20.6 Å². The van der Waals surface area contributed by atoms with Crippen molar-refractivity contribution >= 4 is 10.4 Å². The van der Waals surface area contributed by atoms with Crippen molar-refractivity contribution in [1.29, 1.82) is 0 Å². The van der Waals surface area contributed by atoms with Crippen LogP contribution in [0.1, 0.15) is 13.8 Å². The zero-order valence-electron chi connectivity index (χ0n) is 7.03. The highest BCUT2D eigenvalue weighted by Crippen LogP contribution is 1.57. The monoisotopic (exact) mass is 188 g/mol. The van der Waals surface area contributed by atoms with Crippen molar-refractivity contribution in [3.8, 4) is 0 Å². The minimum absolute atomic E-state index is 0. The summed E-state index contributed by atoms with van der Waals surface area (Å²) in [6.45, 7) is 6.75. The number of hydrogen-bond acceptors (Lipinski definition) is 4. The van der Waals surface area contributed by atoms with Gasteiger partial charge in [0.05, 0.1) is 13.1 Å².